The summed E-state index contributed by atoms with van der Waals surface area (Å²) in [4.78, 5) is 11.3. The lowest BCUT2D eigenvalue weighted by Gasteiger charge is -2.12. The first-order chi connectivity index (χ1) is 8.77. The maximum Gasteiger partial charge on any atom is 0.341 e. The number of anilines is 1. The van der Waals surface area contributed by atoms with Crippen LogP contribution in [0.15, 0.2) is 71.0 Å². The van der Waals surface area contributed by atoms with Gasteiger partial charge in [-0.1, -0.05) is 41.6 Å². The molecule has 2 aromatic rings. The molecule has 2 amide bonds. The molecule has 0 atom stereocenters. The second-order valence-corrected chi connectivity index (χ2v) is 3.51. The zero-order valence-electron chi connectivity index (χ0n) is 9.60. The number of carbonyl (C=O) groups excluding carboxylic acids is 1. The fourth-order valence-corrected chi connectivity index (χ4v) is 1.38. The van der Waals surface area contributed by atoms with E-state index in [-0.39, 0.29) is 0 Å². The van der Waals surface area contributed by atoms with Gasteiger partial charge in [0, 0.05) is 0 Å². The molecule has 0 spiro atoms. The van der Waals surface area contributed by atoms with Crippen LogP contribution in [0.1, 0.15) is 0 Å². The van der Waals surface area contributed by atoms with Gasteiger partial charge in [-0.05, 0) is 24.3 Å². The molecule has 90 valence electrons. The zero-order valence-corrected chi connectivity index (χ0v) is 9.60. The fraction of sp³-hybridized carbons (Fsp3) is 0. The molecule has 0 aliphatic rings. The first kappa shape index (κ1) is 11.8. The van der Waals surface area contributed by atoms with E-state index in [1.165, 1.54) is 0 Å². The van der Waals surface area contributed by atoms with E-state index in [9.17, 15) is 4.79 Å². The zero-order chi connectivity index (χ0) is 12.8. The summed E-state index contributed by atoms with van der Waals surface area (Å²) in [6.45, 7) is 0. The minimum Gasteiger partial charge on any atom is -0.350 e. The van der Waals surface area contributed by atoms with Crippen molar-refractivity contribution < 1.29 is 4.79 Å². The normalized spacial score (nSPS) is 10.4. The molecule has 0 bridgehead atoms. The summed E-state index contributed by atoms with van der Waals surface area (Å²) >= 11 is 0. The molecule has 5 nitrogen and oxygen atoms in total. The highest BCUT2D eigenvalue weighted by atomic mass is 16.2. The van der Waals surface area contributed by atoms with Crippen LogP contribution in [0.5, 0.6) is 0 Å². The molecule has 0 radical (unpaired) electrons. The van der Waals surface area contributed by atoms with Crippen LogP contribution in [0.4, 0.5) is 16.2 Å². The number of rotatable bonds is 3. The second kappa shape index (κ2) is 5.58. The van der Waals surface area contributed by atoms with Gasteiger partial charge in [0.1, 0.15) is 0 Å². The number of nitrogens with zero attached hydrogens (tertiary/aromatic N) is 3. The van der Waals surface area contributed by atoms with E-state index in [4.69, 9.17) is 5.73 Å². The van der Waals surface area contributed by atoms with Gasteiger partial charge >= 0.3 is 6.03 Å². The van der Waals surface area contributed by atoms with Gasteiger partial charge in [-0.3, -0.25) is 0 Å². The summed E-state index contributed by atoms with van der Waals surface area (Å²) in [7, 11) is 0. The molecule has 0 unspecified atom stereocenters. The Morgan fingerprint density at radius 2 is 1.50 bits per heavy atom. The molecular weight excluding hydrogens is 228 g/mol. The van der Waals surface area contributed by atoms with Gasteiger partial charge in [-0.25, -0.2) is 4.79 Å². The van der Waals surface area contributed by atoms with Crippen LogP contribution >= 0.6 is 0 Å². The predicted octanol–water partition coefficient (Wildman–Crippen LogP) is 3.27. The molecule has 0 aliphatic carbocycles. The maximum absolute atomic E-state index is 11.3. The maximum atomic E-state index is 11.3. The van der Waals surface area contributed by atoms with Crippen LogP contribution in [0, 0.1) is 0 Å². The van der Waals surface area contributed by atoms with Gasteiger partial charge in [0.05, 0.1) is 11.4 Å². The number of hydrogen-bond acceptors (Lipinski definition) is 3. The van der Waals surface area contributed by atoms with Gasteiger partial charge in [0.25, 0.3) is 0 Å². The Morgan fingerprint density at radius 3 is 2.06 bits per heavy atom. The van der Waals surface area contributed by atoms with Crippen LogP contribution in [0.3, 0.4) is 0 Å². The van der Waals surface area contributed by atoms with Crippen LogP contribution in [-0.2, 0) is 0 Å². The molecule has 0 saturated carbocycles. The number of para-hydroxylation sites is 1. The smallest absolute Gasteiger partial charge is 0.341 e. The first-order valence-electron chi connectivity index (χ1n) is 5.38. The van der Waals surface area contributed by atoms with Crippen LogP contribution < -0.4 is 10.7 Å². The van der Waals surface area contributed by atoms with Crippen molar-refractivity contribution in [2.24, 2.45) is 16.1 Å². The number of carbonyl (C=O) groups is 1. The van der Waals surface area contributed by atoms with Crippen molar-refractivity contribution in [2.45, 2.75) is 0 Å². The Morgan fingerprint density at radius 1 is 0.944 bits per heavy atom. The highest BCUT2D eigenvalue weighted by Crippen LogP contribution is 2.16. The summed E-state index contributed by atoms with van der Waals surface area (Å²) in [6, 6.07) is 17.3. The minimum atomic E-state index is -0.680. The largest absolute Gasteiger partial charge is 0.350 e. The number of hydrogen-bond donors (Lipinski definition) is 1. The molecule has 0 heterocycles. The highest BCUT2D eigenvalue weighted by molar-refractivity contribution is 5.89. The van der Waals surface area contributed by atoms with Gasteiger partial charge in [-0.15, -0.1) is 5.11 Å². The average molecular weight is 240 g/mol. The van der Waals surface area contributed by atoms with Crippen molar-refractivity contribution >= 4 is 17.4 Å². The number of benzene rings is 2. The number of primary amides is 1. The van der Waals surface area contributed by atoms with Crippen molar-refractivity contribution in [1.29, 1.82) is 0 Å². The number of urea groups is 1. The van der Waals surface area contributed by atoms with Crippen molar-refractivity contribution in [2.75, 3.05) is 5.01 Å². The molecule has 2 rings (SSSR count). The van der Waals surface area contributed by atoms with Crippen LogP contribution in [0.25, 0.3) is 0 Å². The summed E-state index contributed by atoms with van der Waals surface area (Å²) in [5, 5.41) is 8.85. The SMILES string of the molecule is NC(=O)N(N=Nc1ccccc1)c1ccccc1. The van der Waals surface area contributed by atoms with E-state index < -0.39 is 6.03 Å². The fourth-order valence-electron chi connectivity index (χ4n) is 1.38. The Bertz CT molecular complexity index is 539. The van der Waals surface area contributed by atoms with Gasteiger partial charge in [0.15, 0.2) is 0 Å². The van der Waals surface area contributed by atoms with Crippen molar-refractivity contribution in [3.63, 3.8) is 0 Å². The quantitative estimate of drug-likeness (QED) is 0.649. The Kier molecular flexibility index (Phi) is 3.66. The third kappa shape index (κ3) is 2.91. The van der Waals surface area contributed by atoms with E-state index in [0.29, 0.717) is 11.4 Å². The first-order valence-corrected chi connectivity index (χ1v) is 5.38. The summed E-state index contributed by atoms with van der Waals surface area (Å²) in [6.07, 6.45) is 0. The minimum absolute atomic E-state index is 0.574. The lowest BCUT2D eigenvalue weighted by molar-refractivity contribution is 0.254. The van der Waals surface area contributed by atoms with Gasteiger partial charge in [0.2, 0.25) is 0 Å². The molecule has 2 N–H and O–H groups in total. The van der Waals surface area contributed by atoms with E-state index in [1.807, 2.05) is 24.3 Å². The molecule has 18 heavy (non-hydrogen) atoms. The van der Waals surface area contributed by atoms with Crippen LogP contribution in [-0.4, -0.2) is 6.03 Å². The molecular formula is C13H12N4O. The Hall–Kier alpha value is -2.69. The molecule has 5 heteroatoms. The molecule has 0 aromatic heterocycles. The van der Waals surface area contributed by atoms with Crippen LogP contribution in [0.2, 0.25) is 0 Å². The second-order valence-electron chi connectivity index (χ2n) is 3.51. The van der Waals surface area contributed by atoms with Gasteiger partial charge in [-0.2, -0.15) is 5.01 Å². The summed E-state index contributed by atoms with van der Waals surface area (Å²) in [5.74, 6) is 0. The third-order valence-corrected chi connectivity index (χ3v) is 2.22. The Balaban J connectivity index is 2.23. The van der Waals surface area contributed by atoms with E-state index in [0.717, 1.165) is 5.01 Å². The van der Waals surface area contributed by atoms with E-state index in [2.05, 4.69) is 10.3 Å². The number of nitrogens with two attached hydrogens (primary N) is 1. The molecule has 0 saturated heterocycles. The standard InChI is InChI=1S/C13H12N4O/c14-13(18)17(12-9-5-2-6-10-12)16-15-11-7-3-1-4-8-11/h1-10H,(H2,14,18). The number of amides is 2. The topological polar surface area (TPSA) is 71.1 Å². The van der Waals surface area contributed by atoms with Gasteiger partial charge < -0.3 is 5.73 Å². The lowest BCUT2D eigenvalue weighted by atomic mass is 10.3. The summed E-state index contributed by atoms with van der Waals surface area (Å²) < 4.78 is 0. The third-order valence-electron chi connectivity index (χ3n) is 2.22. The monoisotopic (exact) mass is 240 g/mol. The van der Waals surface area contributed by atoms with E-state index >= 15 is 0 Å². The molecule has 0 aliphatic heterocycles. The van der Waals surface area contributed by atoms with Crippen molar-refractivity contribution in [3.05, 3.63) is 60.7 Å². The highest BCUT2D eigenvalue weighted by Gasteiger charge is 2.10. The molecule has 2 aromatic carbocycles. The predicted molar refractivity (Wildman–Crippen MR) is 69.5 cm³/mol. The van der Waals surface area contributed by atoms with Crippen molar-refractivity contribution in [3.8, 4) is 0 Å². The van der Waals surface area contributed by atoms with E-state index in [1.54, 1.807) is 36.4 Å². The summed E-state index contributed by atoms with van der Waals surface area (Å²) in [5.41, 5.74) is 6.49. The lowest BCUT2D eigenvalue weighted by Crippen LogP contribution is -2.30. The molecule has 0 fully saturated rings. The average Bonchev–Trinajstić information content (AvgIpc) is 2.41. The Labute approximate surface area is 105 Å². The van der Waals surface area contributed by atoms with Crippen molar-refractivity contribution in [1.82, 2.24) is 0 Å².